The number of aromatic nitrogens is 2. The Morgan fingerprint density at radius 1 is 1.23 bits per heavy atom. The van der Waals surface area contributed by atoms with Crippen molar-refractivity contribution in [3.8, 4) is 5.75 Å². The highest BCUT2D eigenvalue weighted by atomic mass is 32.1. The number of rotatable bonds is 8. The molecule has 1 aromatic carbocycles. The third-order valence-corrected chi connectivity index (χ3v) is 7.57. The average molecular weight is 498 g/mol. The summed E-state index contributed by atoms with van der Waals surface area (Å²) < 4.78 is 17.4. The Hall–Kier alpha value is -2.79. The Bertz CT molecular complexity index is 1180. The van der Waals surface area contributed by atoms with Crippen LogP contribution in [0.15, 0.2) is 30.5 Å². The molecule has 4 heterocycles. The molecule has 186 valence electrons. The SMILES string of the molecule is COC[C@@H]1CCCN1Cc1cc(C(=O)Nc2nc3c(OC)ccc(N4CCOCC4)c3s2)ccn1. The van der Waals surface area contributed by atoms with Gasteiger partial charge in [-0.05, 0) is 43.7 Å². The van der Waals surface area contributed by atoms with Crippen LogP contribution in [0.4, 0.5) is 10.8 Å². The van der Waals surface area contributed by atoms with Crippen molar-refractivity contribution < 1.29 is 19.0 Å². The summed E-state index contributed by atoms with van der Waals surface area (Å²) in [4.78, 5) is 27.0. The topological polar surface area (TPSA) is 89.0 Å². The Labute approximate surface area is 209 Å². The van der Waals surface area contributed by atoms with Gasteiger partial charge in [0.1, 0.15) is 11.3 Å². The van der Waals surface area contributed by atoms with Gasteiger partial charge in [-0.3, -0.25) is 20.0 Å². The maximum absolute atomic E-state index is 13.1. The first-order chi connectivity index (χ1) is 17.2. The summed E-state index contributed by atoms with van der Waals surface area (Å²) in [5, 5.41) is 3.53. The van der Waals surface area contributed by atoms with Crippen LogP contribution < -0.4 is 15.0 Å². The van der Waals surface area contributed by atoms with Crippen LogP contribution in [-0.2, 0) is 16.0 Å². The molecule has 1 atom stereocenters. The molecule has 9 nitrogen and oxygen atoms in total. The number of morpholine rings is 1. The number of carbonyl (C=O) groups excluding carboxylic acids is 1. The summed E-state index contributed by atoms with van der Waals surface area (Å²) in [6.07, 6.45) is 3.98. The van der Waals surface area contributed by atoms with Gasteiger partial charge in [0.25, 0.3) is 5.91 Å². The minimum Gasteiger partial charge on any atom is -0.494 e. The first kappa shape index (κ1) is 23.9. The van der Waals surface area contributed by atoms with Crippen LogP contribution in [0.25, 0.3) is 10.2 Å². The molecule has 10 heteroatoms. The number of benzene rings is 1. The van der Waals surface area contributed by atoms with Crippen LogP contribution >= 0.6 is 11.3 Å². The van der Waals surface area contributed by atoms with Crippen molar-refractivity contribution in [2.24, 2.45) is 0 Å². The quantitative estimate of drug-likeness (QED) is 0.507. The van der Waals surface area contributed by atoms with Gasteiger partial charge in [0.2, 0.25) is 0 Å². The van der Waals surface area contributed by atoms with E-state index in [2.05, 4.69) is 26.2 Å². The maximum Gasteiger partial charge on any atom is 0.257 e. The number of methoxy groups -OCH3 is 2. The molecule has 2 aliphatic rings. The van der Waals surface area contributed by atoms with E-state index in [1.54, 1.807) is 26.5 Å². The van der Waals surface area contributed by atoms with Crippen molar-refractivity contribution in [3.05, 3.63) is 41.7 Å². The first-order valence-corrected chi connectivity index (χ1v) is 12.8. The summed E-state index contributed by atoms with van der Waals surface area (Å²) in [6, 6.07) is 7.99. The molecule has 3 aromatic rings. The number of pyridine rings is 1. The minimum atomic E-state index is -0.200. The molecule has 1 amide bonds. The van der Waals surface area contributed by atoms with Gasteiger partial charge < -0.3 is 19.1 Å². The highest BCUT2D eigenvalue weighted by Gasteiger charge is 2.25. The zero-order valence-electron chi connectivity index (χ0n) is 20.2. The van der Waals surface area contributed by atoms with Crippen molar-refractivity contribution >= 4 is 38.3 Å². The number of fused-ring (bicyclic) bond motifs is 1. The summed E-state index contributed by atoms with van der Waals surface area (Å²) in [6.45, 7) is 5.48. The van der Waals surface area contributed by atoms with Gasteiger partial charge in [0.05, 0.1) is 43.0 Å². The predicted molar refractivity (Wildman–Crippen MR) is 137 cm³/mol. The largest absolute Gasteiger partial charge is 0.494 e. The lowest BCUT2D eigenvalue weighted by Crippen LogP contribution is -2.36. The fourth-order valence-electron chi connectivity index (χ4n) is 4.81. The molecule has 2 fully saturated rings. The third-order valence-electron chi connectivity index (χ3n) is 6.58. The third kappa shape index (κ3) is 5.25. The number of ether oxygens (including phenoxy) is 3. The zero-order chi connectivity index (χ0) is 24.2. The molecule has 5 rings (SSSR count). The minimum absolute atomic E-state index is 0.200. The molecule has 0 radical (unpaired) electrons. The molecule has 2 saturated heterocycles. The normalized spacial score (nSPS) is 18.8. The molecular weight excluding hydrogens is 466 g/mol. The number of hydrogen-bond acceptors (Lipinski definition) is 9. The van der Waals surface area contributed by atoms with E-state index in [1.807, 2.05) is 12.1 Å². The number of anilines is 2. The number of hydrogen-bond donors (Lipinski definition) is 1. The van der Waals surface area contributed by atoms with Gasteiger partial charge >= 0.3 is 0 Å². The summed E-state index contributed by atoms with van der Waals surface area (Å²) in [7, 11) is 3.37. The van der Waals surface area contributed by atoms with E-state index in [0.29, 0.717) is 48.9 Å². The van der Waals surface area contributed by atoms with Crippen molar-refractivity contribution in [1.29, 1.82) is 0 Å². The van der Waals surface area contributed by atoms with Crippen LogP contribution in [0.5, 0.6) is 5.75 Å². The average Bonchev–Trinajstić information content (AvgIpc) is 3.51. The van der Waals surface area contributed by atoms with E-state index >= 15 is 0 Å². The number of likely N-dealkylation sites (tertiary alicyclic amines) is 1. The van der Waals surface area contributed by atoms with Crippen molar-refractivity contribution in [2.75, 3.05) is 63.9 Å². The molecule has 0 saturated carbocycles. The Morgan fingerprint density at radius 3 is 2.89 bits per heavy atom. The number of amides is 1. The van der Waals surface area contributed by atoms with Gasteiger partial charge in [-0.2, -0.15) is 0 Å². The van der Waals surface area contributed by atoms with E-state index in [0.717, 1.165) is 54.1 Å². The van der Waals surface area contributed by atoms with Gasteiger partial charge in [-0.25, -0.2) is 4.98 Å². The van der Waals surface area contributed by atoms with Crippen LogP contribution in [0.1, 0.15) is 28.9 Å². The molecule has 0 bridgehead atoms. The van der Waals surface area contributed by atoms with E-state index in [1.165, 1.54) is 11.3 Å². The highest BCUT2D eigenvalue weighted by molar-refractivity contribution is 7.23. The second-order valence-corrected chi connectivity index (χ2v) is 9.79. The van der Waals surface area contributed by atoms with E-state index in [-0.39, 0.29) is 5.91 Å². The fourth-order valence-corrected chi connectivity index (χ4v) is 5.83. The van der Waals surface area contributed by atoms with Crippen LogP contribution in [0, 0.1) is 0 Å². The Morgan fingerprint density at radius 2 is 2.09 bits per heavy atom. The van der Waals surface area contributed by atoms with Gasteiger partial charge in [0, 0.05) is 44.5 Å². The number of nitrogens with zero attached hydrogens (tertiary/aromatic N) is 4. The molecule has 0 aliphatic carbocycles. The fraction of sp³-hybridized carbons (Fsp3) is 0.480. The lowest BCUT2D eigenvalue weighted by atomic mass is 10.2. The number of nitrogens with one attached hydrogen (secondary N) is 1. The molecule has 1 N–H and O–H groups in total. The molecule has 2 aliphatic heterocycles. The Balaban J connectivity index is 1.34. The van der Waals surface area contributed by atoms with Crippen LogP contribution in [0.2, 0.25) is 0 Å². The highest BCUT2D eigenvalue weighted by Crippen LogP contribution is 2.39. The monoisotopic (exact) mass is 497 g/mol. The predicted octanol–water partition coefficient (Wildman–Crippen LogP) is 3.40. The molecule has 35 heavy (non-hydrogen) atoms. The summed E-state index contributed by atoms with van der Waals surface area (Å²) >= 11 is 1.46. The number of carbonyl (C=O) groups is 1. The molecule has 0 spiro atoms. The van der Waals surface area contributed by atoms with E-state index in [9.17, 15) is 4.79 Å². The maximum atomic E-state index is 13.1. The summed E-state index contributed by atoms with van der Waals surface area (Å²) in [5.74, 6) is 0.491. The molecule has 0 unspecified atom stereocenters. The molecular formula is C25H31N5O4S. The first-order valence-electron chi connectivity index (χ1n) is 12.0. The van der Waals surface area contributed by atoms with E-state index in [4.69, 9.17) is 19.2 Å². The second kappa shape index (κ2) is 10.9. The van der Waals surface area contributed by atoms with Gasteiger partial charge in [-0.1, -0.05) is 11.3 Å². The zero-order valence-corrected chi connectivity index (χ0v) is 21.0. The van der Waals surface area contributed by atoms with Crippen LogP contribution in [0.3, 0.4) is 0 Å². The smallest absolute Gasteiger partial charge is 0.257 e. The molecule has 2 aromatic heterocycles. The van der Waals surface area contributed by atoms with Crippen molar-refractivity contribution in [2.45, 2.75) is 25.4 Å². The van der Waals surface area contributed by atoms with Gasteiger partial charge in [-0.15, -0.1) is 0 Å². The van der Waals surface area contributed by atoms with Crippen molar-refractivity contribution in [3.63, 3.8) is 0 Å². The van der Waals surface area contributed by atoms with Crippen LogP contribution in [-0.4, -0.2) is 80.5 Å². The van der Waals surface area contributed by atoms with Crippen molar-refractivity contribution in [1.82, 2.24) is 14.9 Å². The lowest BCUT2D eigenvalue weighted by molar-refractivity contribution is 0.102. The standard InChI is InChI=1S/C25H31N5O4S/c1-32-16-19-4-3-9-30(19)15-18-14-17(7-8-26-18)24(31)28-25-27-22-21(33-2)6-5-20(23(22)35-25)29-10-12-34-13-11-29/h5-8,14,19H,3-4,9-13,15-16H2,1-2H3,(H,27,28,31)/t19-/m0/s1. The Kier molecular flexibility index (Phi) is 7.43. The second-order valence-electron chi connectivity index (χ2n) is 8.79. The summed E-state index contributed by atoms with van der Waals surface area (Å²) in [5.41, 5.74) is 3.29. The van der Waals surface area contributed by atoms with E-state index < -0.39 is 0 Å². The number of thiazole rings is 1. The lowest BCUT2D eigenvalue weighted by Gasteiger charge is -2.29. The van der Waals surface area contributed by atoms with Gasteiger partial charge in [0.15, 0.2) is 5.13 Å².